The minimum absolute atomic E-state index is 0.505. The second-order valence-electron chi connectivity index (χ2n) is 3.09. The molecule has 1 aliphatic carbocycles. The molecule has 1 fully saturated rings. The van der Waals surface area contributed by atoms with Crippen molar-refractivity contribution in [2.24, 2.45) is 11.8 Å². The van der Waals surface area contributed by atoms with Crippen LogP contribution in [0.4, 0.5) is 0 Å². The van der Waals surface area contributed by atoms with E-state index < -0.39 is 0 Å². The van der Waals surface area contributed by atoms with Crippen molar-refractivity contribution in [3.05, 3.63) is 0 Å². The molecule has 1 saturated carbocycles. The molecule has 2 heteroatoms. The van der Waals surface area contributed by atoms with Crippen LogP contribution in [0.15, 0.2) is 0 Å². The monoisotopic (exact) mass is 128 g/mol. The third-order valence-corrected chi connectivity index (χ3v) is 1.99. The fourth-order valence-corrected chi connectivity index (χ4v) is 0.976. The zero-order valence-electron chi connectivity index (χ0n) is 6.06. The van der Waals surface area contributed by atoms with Gasteiger partial charge < -0.3 is 0 Å². The Morgan fingerprint density at radius 2 is 2.33 bits per heavy atom. The largest absolute Gasteiger partial charge is 0.271 e. The molecular formula is C7H16N2. The van der Waals surface area contributed by atoms with Crippen molar-refractivity contribution < 1.29 is 0 Å². The lowest BCUT2D eigenvalue weighted by Gasteiger charge is -2.07. The first-order chi connectivity index (χ1) is 4.33. The molecule has 54 valence electrons. The summed E-state index contributed by atoms with van der Waals surface area (Å²) >= 11 is 0. The van der Waals surface area contributed by atoms with Gasteiger partial charge in [-0.25, -0.2) is 0 Å². The van der Waals surface area contributed by atoms with Crippen molar-refractivity contribution in [3.63, 3.8) is 0 Å². The molecule has 0 aliphatic heterocycles. The van der Waals surface area contributed by atoms with Gasteiger partial charge in [0.05, 0.1) is 0 Å². The first-order valence-electron chi connectivity index (χ1n) is 3.79. The van der Waals surface area contributed by atoms with Gasteiger partial charge in [-0.3, -0.25) is 11.3 Å². The van der Waals surface area contributed by atoms with Gasteiger partial charge in [0.25, 0.3) is 0 Å². The summed E-state index contributed by atoms with van der Waals surface area (Å²) < 4.78 is 0. The number of hydrogen-bond donors (Lipinski definition) is 2. The molecule has 1 unspecified atom stereocenters. The Hall–Kier alpha value is -0.0800. The first kappa shape index (κ1) is 7.03. The highest BCUT2D eigenvalue weighted by molar-refractivity contribution is 4.74. The lowest BCUT2D eigenvalue weighted by atomic mass is 10.1. The molecule has 1 rings (SSSR count). The highest BCUT2D eigenvalue weighted by Gasteiger charge is 2.20. The minimum Gasteiger partial charge on any atom is -0.271 e. The van der Waals surface area contributed by atoms with E-state index in [-0.39, 0.29) is 0 Å². The molecule has 2 nitrogen and oxygen atoms in total. The number of nitrogens with one attached hydrogen (secondary N) is 1. The van der Waals surface area contributed by atoms with Crippen LogP contribution in [-0.2, 0) is 0 Å². The van der Waals surface area contributed by atoms with Crippen LogP contribution in [-0.4, -0.2) is 6.04 Å². The SMILES string of the molecule is CC(CCC1CC1)NN. The van der Waals surface area contributed by atoms with E-state index in [0.29, 0.717) is 6.04 Å². The predicted octanol–water partition coefficient (Wildman–Crippen LogP) is 1.03. The van der Waals surface area contributed by atoms with Crippen molar-refractivity contribution in [1.29, 1.82) is 0 Å². The Morgan fingerprint density at radius 3 is 2.78 bits per heavy atom. The summed E-state index contributed by atoms with van der Waals surface area (Å²) in [4.78, 5) is 0. The number of hydrogen-bond acceptors (Lipinski definition) is 2. The lowest BCUT2D eigenvalue weighted by molar-refractivity contribution is 0.496. The number of hydrazine groups is 1. The van der Waals surface area contributed by atoms with Crippen LogP contribution in [0, 0.1) is 5.92 Å². The minimum atomic E-state index is 0.505. The van der Waals surface area contributed by atoms with Crippen LogP contribution in [0.2, 0.25) is 0 Å². The van der Waals surface area contributed by atoms with E-state index in [1.807, 2.05) is 0 Å². The topological polar surface area (TPSA) is 38.0 Å². The maximum Gasteiger partial charge on any atom is 0.0182 e. The van der Waals surface area contributed by atoms with Crippen molar-refractivity contribution >= 4 is 0 Å². The highest BCUT2D eigenvalue weighted by atomic mass is 15.2. The molecule has 3 N–H and O–H groups in total. The fraction of sp³-hybridized carbons (Fsp3) is 1.00. The quantitative estimate of drug-likeness (QED) is 0.438. The van der Waals surface area contributed by atoms with Gasteiger partial charge in [-0.2, -0.15) is 0 Å². The molecule has 0 amide bonds. The second-order valence-corrected chi connectivity index (χ2v) is 3.09. The van der Waals surface area contributed by atoms with Crippen LogP contribution >= 0.6 is 0 Å². The Labute approximate surface area is 56.8 Å². The normalized spacial score (nSPS) is 22.0. The average molecular weight is 128 g/mol. The van der Waals surface area contributed by atoms with Crippen LogP contribution in [0.5, 0.6) is 0 Å². The van der Waals surface area contributed by atoms with Crippen molar-refractivity contribution in [1.82, 2.24) is 5.43 Å². The van der Waals surface area contributed by atoms with Crippen LogP contribution in [0.1, 0.15) is 32.6 Å². The fourth-order valence-electron chi connectivity index (χ4n) is 0.976. The van der Waals surface area contributed by atoms with Crippen LogP contribution < -0.4 is 11.3 Å². The molecule has 0 bridgehead atoms. The Bertz CT molecular complexity index is 79.0. The van der Waals surface area contributed by atoms with Crippen molar-refractivity contribution in [2.75, 3.05) is 0 Å². The first-order valence-corrected chi connectivity index (χ1v) is 3.79. The summed E-state index contributed by atoms with van der Waals surface area (Å²) in [6.07, 6.45) is 5.51. The third-order valence-electron chi connectivity index (χ3n) is 1.99. The summed E-state index contributed by atoms with van der Waals surface area (Å²) in [7, 11) is 0. The zero-order chi connectivity index (χ0) is 6.69. The van der Waals surface area contributed by atoms with E-state index in [0.717, 1.165) is 5.92 Å². The van der Waals surface area contributed by atoms with E-state index in [1.54, 1.807) is 0 Å². The molecule has 0 aromatic rings. The molecule has 0 aromatic carbocycles. The third kappa shape index (κ3) is 2.82. The molecule has 1 atom stereocenters. The standard InChI is InChI=1S/C7H16N2/c1-6(9-8)2-3-7-4-5-7/h6-7,9H,2-5,8H2,1H3. The highest BCUT2D eigenvalue weighted by Crippen LogP contribution is 2.33. The lowest BCUT2D eigenvalue weighted by Crippen LogP contribution is -2.32. The smallest absolute Gasteiger partial charge is 0.0182 e. The van der Waals surface area contributed by atoms with Gasteiger partial charge in [-0.1, -0.05) is 12.8 Å². The van der Waals surface area contributed by atoms with Crippen LogP contribution in [0.3, 0.4) is 0 Å². The van der Waals surface area contributed by atoms with E-state index in [4.69, 9.17) is 5.84 Å². The molecule has 0 spiro atoms. The molecule has 0 aromatic heterocycles. The molecule has 1 aliphatic rings. The summed E-state index contributed by atoms with van der Waals surface area (Å²) in [6.45, 7) is 2.13. The Balaban J connectivity index is 1.90. The Kier molecular flexibility index (Phi) is 2.49. The molecular weight excluding hydrogens is 112 g/mol. The maximum atomic E-state index is 5.23. The van der Waals surface area contributed by atoms with Gasteiger partial charge in [-0.05, 0) is 25.7 Å². The summed E-state index contributed by atoms with van der Waals surface area (Å²) in [5.74, 6) is 6.27. The van der Waals surface area contributed by atoms with Crippen molar-refractivity contribution in [2.45, 2.75) is 38.6 Å². The van der Waals surface area contributed by atoms with Crippen LogP contribution in [0.25, 0.3) is 0 Å². The summed E-state index contributed by atoms with van der Waals surface area (Å²) in [6, 6.07) is 0.505. The van der Waals surface area contributed by atoms with E-state index in [1.165, 1.54) is 25.7 Å². The van der Waals surface area contributed by atoms with Gasteiger partial charge in [0, 0.05) is 6.04 Å². The van der Waals surface area contributed by atoms with Gasteiger partial charge in [0.2, 0.25) is 0 Å². The van der Waals surface area contributed by atoms with E-state index in [9.17, 15) is 0 Å². The maximum absolute atomic E-state index is 5.23. The molecule has 0 heterocycles. The summed E-state index contributed by atoms with van der Waals surface area (Å²) in [5.41, 5.74) is 2.75. The zero-order valence-corrected chi connectivity index (χ0v) is 6.06. The molecule has 0 radical (unpaired) electrons. The van der Waals surface area contributed by atoms with E-state index >= 15 is 0 Å². The van der Waals surface area contributed by atoms with Gasteiger partial charge in [0.15, 0.2) is 0 Å². The average Bonchev–Trinajstić information content (AvgIpc) is 2.65. The Morgan fingerprint density at radius 1 is 1.67 bits per heavy atom. The van der Waals surface area contributed by atoms with Gasteiger partial charge in [0.1, 0.15) is 0 Å². The predicted molar refractivity (Wildman–Crippen MR) is 38.7 cm³/mol. The molecule has 9 heavy (non-hydrogen) atoms. The molecule has 0 saturated heterocycles. The second kappa shape index (κ2) is 3.18. The summed E-state index contributed by atoms with van der Waals surface area (Å²) in [5, 5.41) is 0. The number of nitrogens with two attached hydrogens (primary N) is 1. The van der Waals surface area contributed by atoms with Gasteiger partial charge >= 0.3 is 0 Å². The number of rotatable bonds is 4. The van der Waals surface area contributed by atoms with E-state index in [2.05, 4.69) is 12.3 Å². The van der Waals surface area contributed by atoms with Crippen molar-refractivity contribution in [3.8, 4) is 0 Å². The van der Waals surface area contributed by atoms with Gasteiger partial charge in [-0.15, -0.1) is 0 Å².